The number of carbonyl (C=O) groups is 3. The molecule has 1 aromatic rings. The molecule has 0 atom stereocenters. The van der Waals surface area contributed by atoms with Gasteiger partial charge in [-0.05, 0) is 49.3 Å². The molecule has 7 nitrogen and oxygen atoms in total. The zero-order valence-corrected chi connectivity index (χ0v) is 16.2. The van der Waals surface area contributed by atoms with E-state index in [1.807, 2.05) is 0 Å². The number of benzene rings is 1. The lowest BCUT2D eigenvalue weighted by molar-refractivity contribution is -0.136. The Balaban J connectivity index is 1.54. The van der Waals surface area contributed by atoms with Crippen LogP contribution in [0.1, 0.15) is 44.6 Å². The number of ether oxygens (including phenoxy) is 1. The number of nitrogens with zero attached hydrogens (tertiary/aromatic N) is 1. The number of hydrogen-bond donors (Lipinski definition) is 2. The minimum atomic E-state index is -2.93. The van der Waals surface area contributed by atoms with Gasteiger partial charge in [0.1, 0.15) is 17.8 Å². The van der Waals surface area contributed by atoms with Gasteiger partial charge in [-0.3, -0.25) is 14.5 Å². The Bertz CT molecular complexity index is 779. The molecule has 1 saturated heterocycles. The minimum absolute atomic E-state index is 0.00882. The van der Waals surface area contributed by atoms with E-state index in [0.29, 0.717) is 24.3 Å². The average molecular weight is 409 g/mol. The predicted octanol–water partition coefficient (Wildman–Crippen LogP) is 2.80. The van der Waals surface area contributed by atoms with Crippen LogP contribution in [0.5, 0.6) is 5.75 Å². The van der Waals surface area contributed by atoms with Gasteiger partial charge in [-0.15, -0.1) is 0 Å². The van der Waals surface area contributed by atoms with Crippen LogP contribution in [0.25, 0.3) is 0 Å². The zero-order valence-electron chi connectivity index (χ0n) is 16.2. The van der Waals surface area contributed by atoms with Crippen LogP contribution in [0.3, 0.4) is 0 Å². The van der Waals surface area contributed by atoms with Crippen molar-refractivity contribution in [1.29, 1.82) is 0 Å². The third kappa shape index (κ3) is 4.83. The lowest BCUT2D eigenvalue weighted by Crippen LogP contribution is -2.50. The quantitative estimate of drug-likeness (QED) is 0.678. The Kier molecular flexibility index (Phi) is 6.34. The van der Waals surface area contributed by atoms with Crippen molar-refractivity contribution in [3.05, 3.63) is 29.8 Å². The van der Waals surface area contributed by atoms with Crippen LogP contribution in [-0.2, 0) is 16.1 Å². The van der Waals surface area contributed by atoms with Gasteiger partial charge < -0.3 is 15.4 Å². The van der Waals surface area contributed by atoms with Gasteiger partial charge in [0.2, 0.25) is 5.91 Å². The summed E-state index contributed by atoms with van der Waals surface area (Å²) < 4.78 is 28.9. The molecule has 0 unspecified atom stereocenters. The average Bonchev–Trinajstić information content (AvgIpc) is 2.91. The smallest absolute Gasteiger partial charge is 0.387 e. The maximum atomic E-state index is 12.8. The summed E-state index contributed by atoms with van der Waals surface area (Å²) in [4.78, 5) is 38.3. The summed E-state index contributed by atoms with van der Waals surface area (Å²) in [5, 5.41) is 5.39. The van der Waals surface area contributed by atoms with Gasteiger partial charge in [-0.1, -0.05) is 25.5 Å². The minimum Gasteiger partial charge on any atom is -0.435 e. The first-order chi connectivity index (χ1) is 13.8. The first kappa shape index (κ1) is 21.0. The maximum Gasteiger partial charge on any atom is 0.387 e. The second-order valence-electron chi connectivity index (χ2n) is 7.56. The molecule has 0 radical (unpaired) electrons. The molecule has 4 amide bonds. The highest BCUT2D eigenvalue weighted by Crippen LogP contribution is 2.37. The third-order valence-corrected chi connectivity index (χ3v) is 5.70. The standard InChI is InChI=1S/C20H25F2N3O4/c1-2-13-6-8-20(9-7-13)17(27)25(19(28)24-20)12-16(26)23-11-14-4-3-5-15(10-14)29-18(21)22/h3-5,10,13,18H,2,6-9,11-12H2,1H3,(H,23,26)(H,24,28). The number of imide groups is 1. The fraction of sp³-hybridized carbons (Fsp3) is 0.550. The molecule has 1 saturated carbocycles. The molecule has 1 heterocycles. The number of carbonyl (C=O) groups excluding carboxylic acids is 3. The van der Waals surface area contributed by atoms with Crippen LogP contribution in [0.4, 0.5) is 13.6 Å². The van der Waals surface area contributed by atoms with Crippen molar-refractivity contribution < 1.29 is 27.9 Å². The molecule has 1 aromatic carbocycles. The molecule has 0 bridgehead atoms. The maximum absolute atomic E-state index is 12.8. The monoisotopic (exact) mass is 409 g/mol. The Morgan fingerprint density at radius 2 is 2.07 bits per heavy atom. The molecule has 9 heteroatoms. The van der Waals surface area contributed by atoms with Gasteiger partial charge in [0.25, 0.3) is 5.91 Å². The first-order valence-corrected chi connectivity index (χ1v) is 9.77. The Labute approximate surface area is 167 Å². The van der Waals surface area contributed by atoms with Gasteiger partial charge >= 0.3 is 12.6 Å². The van der Waals surface area contributed by atoms with E-state index in [0.717, 1.165) is 24.2 Å². The Morgan fingerprint density at radius 3 is 2.72 bits per heavy atom. The summed E-state index contributed by atoms with van der Waals surface area (Å²) in [5.41, 5.74) is -0.327. The van der Waals surface area contributed by atoms with Crippen molar-refractivity contribution in [3.8, 4) is 5.75 Å². The van der Waals surface area contributed by atoms with Crippen molar-refractivity contribution in [2.24, 2.45) is 5.92 Å². The van der Waals surface area contributed by atoms with Gasteiger partial charge in [-0.2, -0.15) is 8.78 Å². The number of urea groups is 1. The summed E-state index contributed by atoms with van der Waals surface area (Å²) in [6, 6.07) is 5.41. The molecule has 158 valence electrons. The van der Waals surface area contributed by atoms with E-state index in [-0.39, 0.29) is 24.7 Å². The van der Waals surface area contributed by atoms with E-state index in [1.54, 1.807) is 6.07 Å². The Morgan fingerprint density at radius 1 is 1.34 bits per heavy atom. The number of rotatable bonds is 7. The molecular formula is C20H25F2N3O4. The van der Waals surface area contributed by atoms with Crippen LogP contribution in [0.2, 0.25) is 0 Å². The zero-order chi connectivity index (χ0) is 21.0. The largest absolute Gasteiger partial charge is 0.435 e. The number of alkyl halides is 2. The highest BCUT2D eigenvalue weighted by molar-refractivity contribution is 6.09. The molecule has 0 aromatic heterocycles. The van der Waals surface area contributed by atoms with Gasteiger partial charge in [0, 0.05) is 6.54 Å². The van der Waals surface area contributed by atoms with Gasteiger partial charge in [-0.25, -0.2) is 4.79 Å². The number of halogens is 2. The molecule has 1 spiro atoms. The molecule has 2 fully saturated rings. The number of hydrogen-bond acceptors (Lipinski definition) is 4. The summed E-state index contributed by atoms with van der Waals surface area (Å²) in [7, 11) is 0. The fourth-order valence-electron chi connectivity index (χ4n) is 3.97. The second kappa shape index (κ2) is 8.75. The fourth-order valence-corrected chi connectivity index (χ4v) is 3.97. The van der Waals surface area contributed by atoms with E-state index in [9.17, 15) is 23.2 Å². The molecule has 3 rings (SSSR count). The topological polar surface area (TPSA) is 87.7 Å². The van der Waals surface area contributed by atoms with Crippen molar-refractivity contribution in [2.75, 3.05) is 6.54 Å². The van der Waals surface area contributed by atoms with E-state index >= 15 is 0 Å². The molecule has 2 aliphatic rings. The number of nitrogens with one attached hydrogen (secondary N) is 2. The van der Waals surface area contributed by atoms with Crippen LogP contribution in [-0.4, -0.2) is 41.4 Å². The summed E-state index contributed by atoms with van der Waals surface area (Å²) in [6.07, 6.45) is 3.98. The SMILES string of the molecule is CCC1CCC2(CC1)NC(=O)N(CC(=O)NCc1cccc(OC(F)F)c1)C2=O. The molecule has 1 aliphatic carbocycles. The van der Waals surface area contributed by atoms with E-state index in [1.165, 1.54) is 18.2 Å². The summed E-state index contributed by atoms with van der Waals surface area (Å²) in [5.74, 6) is -0.300. The van der Waals surface area contributed by atoms with Crippen molar-refractivity contribution in [2.45, 2.75) is 57.7 Å². The third-order valence-electron chi connectivity index (χ3n) is 5.70. The predicted molar refractivity (Wildman–Crippen MR) is 100 cm³/mol. The van der Waals surface area contributed by atoms with E-state index in [4.69, 9.17) is 0 Å². The lowest BCUT2D eigenvalue weighted by atomic mass is 9.75. The van der Waals surface area contributed by atoms with Gasteiger partial charge in [0.15, 0.2) is 0 Å². The van der Waals surface area contributed by atoms with Crippen molar-refractivity contribution >= 4 is 17.8 Å². The lowest BCUT2D eigenvalue weighted by Gasteiger charge is -2.34. The van der Waals surface area contributed by atoms with E-state index in [2.05, 4.69) is 22.3 Å². The van der Waals surface area contributed by atoms with Crippen LogP contribution >= 0.6 is 0 Å². The van der Waals surface area contributed by atoms with Crippen molar-refractivity contribution in [3.63, 3.8) is 0 Å². The molecule has 2 N–H and O–H groups in total. The van der Waals surface area contributed by atoms with Crippen LogP contribution in [0, 0.1) is 5.92 Å². The van der Waals surface area contributed by atoms with Crippen LogP contribution < -0.4 is 15.4 Å². The highest BCUT2D eigenvalue weighted by Gasteiger charge is 2.52. The normalized spacial score (nSPS) is 24.1. The molecule has 1 aliphatic heterocycles. The highest BCUT2D eigenvalue weighted by atomic mass is 19.3. The Hall–Kier alpha value is -2.71. The van der Waals surface area contributed by atoms with Crippen LogP contribution in [0.15, 0.2) is 24.3 Å². The first-order valence-electron chi connectivity index (χ1n) is 9.77. The summed E-state index contributed by atoms with van der Waals surface area (Å²) in [6.45, 7) is -1.13. The van der Waals surface area contributed by atoms with Crippen molar-refractivity contribution in [1.82, 2.24) is 15.5 Å². The van der Waals surface area contributed by atoms with Gasteiger partial charge in [0.05, 0.1) is 0 Å². The molecular weight excluding hydrogens is 384 g/mol. The van der Waals surface area contributed by atoms with E-state index < -0.39 is 24.1 Å². The number of amides is 4. The second-order valence-corrected chi connectivity index (χ2v) is 7.56. The summed E-state index contributed by atoms with van der Waals surface area (Å²) >= 11 is 0. The molecule has 29 heavy (non-hydrogen) atoms.